The van der Waals surface area contributed by atoms with Crippen molar-refractivity contribution >= 4 is 55.8 Å². The fourth-order valence-corrected chi connectivity index (χ4v) is 6.58. The molecule has 164 valence electrons. The van der Waals surface area contributed by atoms with E-state index in [1.807, 2.05) is 0 Å². The Balaban J connectivity index is 1.50. The molecule has 0 bridgehead atoms. The molecule has 1 aromatic carbocycles. The first-order valence-corrected chi connectivity index (χ1v) is 13.5. The molecule has 1 aromatic heterocycles. The largest absolute Gasteiger partial charge is 0.300 e. The number of sulfonamides is 1. The van der Waals surface area contributed by atoms with Crippen LogP contribution in [0.2, 0.25) is 5.02 Å². The number of hydrogen-bond acceptors (Lipinski definition) is 7. The van der Waals surface area contributed by atoms with E-state index in [4.69, 9.17) is 11.6 Å². The van der Waals surface area contributed by atoms with E-state index >= 15 is 0 Å². The van der Waals surface area contributed by atoms with Gasteiger partial charge in [-0.2, -0.15) is 0 Å². The molecule has 11 heteroatoms. The van der Waals surface area contributed by atoms with Gasteiger partial charge in [-0.3, -0.25) is 4.79 Å². The highest BCUT2D eigenvalue weighted by Gasteiger charge is 2.31. The van der Waals surface area contributed by atoms with Gasteiger partial charge in [0.1, 0.15) is 0 Å². The van der Waals surface area contributed by atoms with Crippen LogP contribution in [0, 0.1) is 11.8 Å². The first-order valence-electron chi connectivity index (χ1n) is 9.72. The Morgan fingerprint density at radius 2 is 2.07 bits per heavy atom. The number of halogens is 1. The van der Waals surface area contributed by atoms with Gasteiger partial charge in [0.05, 0.1) is 5.75 Å². The summed E-state index contributed by atoms with van der Waals surface area (Å²) in [4.78, 5) is 12.6. The second-order valence-corrected chi connectivity index (χ2v) is 12.3. The number of piperidine rings is 1. The zero-order valence-corrected chi connectivity index (χ0v) is 20.1. The van der Waals surface area contributed by atoms with E-state index in [1.165, 1.54) is 15.6 Å². The minimum atomic E-state index is -3.45. The zero-order valence-electron chi connectivity index (χ0n) is 16.9. The van der Waals surface area contributed by atoms with Crippen molar-refractivity contribution in [3.63, 3.8) is 0 Å². The molecule has 1 aliphatic rings. The van der Waals surface area contributed by atoms with Crippen molar-refractivity contribution in [2.24, 2.45) is 11.8 Å². The lowest BCUT2D eigenvalue weighted by atomic mass is 9.97. The summed E-state index contributed by atoms with van der Waals surface area (Å²) in [5.41, 5.74) is 0.657. The van der Waals surface area contributed by atoms with Crippen molar-refractivity contribution in [1.82, 2.24) is 14.5 Å². The average molecular weight is 489 g/mol. The molecule has 1 amide bonds. The highest BCUT2D eigenvalue weighted by Crippen LogP contribution is 2.28. The molecule has 0 atom stereocenters. The molecule has 0 radical (unpaired) electrons. The van der Waals surface area contributed by atoms with Crippen LogP contribution < -0.4 is 5.32 Å². The normalized spacial score (nSPS) is 16.1. The highest BCUT2D eigenvalue weighted by atomic mass is 35.5. The minimum absolute atomic E-state index is 0.0912. The number of carbonyl (C=O) groups is 1. The number of aromatic nitrogens is 2. The van der Waals surface area contributed by atoms with E-state index in [0.717, 1.165) is 10.1 Å². The molecule has 7 nitrogen and oxygen atoms in total. The van der Waals surface area contributed by atoms with Gasteiger partial charge in [-0.25, -0.2) is 12.7 Å². The number of anilines is 1. The van der Waals surface area contributed by atoms with Gasteiger partial charge in [0.25, 0.3) is 0 Å². The predicted octanol–water partition coefficient (Wildman–Crippen LogP) is 4.12. The Bertz CT molecular complexity index is 973. The molecule has 3 rings (SSSR count). The Hall–Kier alpha value is -1.20. The molecule has 0 spiro atoms. The first-order chi connectivity index (χ1) is 14.2. The predicted molar refractivity (Wildman–Crippen MR) is 122 cm³/mol. The molecule has 1 fully saturated rings. The van der Waals surface area contributed by atoms with Gasteiger partial charge in [-0.15, -0.1) is 10.2 Å². The molecular weight excluding hydrogens is 464 g/mol. The number of hydrogen-bond donors (Lipinski definition) is 1. The van der Waals surface area contributed by atoms with Crippen LogP contribution in [0.5, 0.6) is 0 Å². The third-order valence-corrected chi connectivity index (χ3v) is 9.12. The topological polar surface area (TPSA) is 92.3 Å². The number of carbonyl (C=O) groups excluding carboxylic acids is 1. The van der Waals surface area contributed by atoms with Crippen LogP contribution in [-0.2, 0) is 20.6 Å². The summed E-state index contributed by atoms with van der Waals surface area (Å²) in [5, 5.41) is 12.0. The summed E-state index contributed by atoms with van der Waals surface area (Å²) >= 11 is 8.94. The fraction of sp³-hybridized carbons (Fsp3) is 0.526. The van der Waals surface area contributed by atoms with Crippen LogP contribution in [-0.4, -0.2) is 47.7 Å². The Kier molecular flexibility index (Phi) is 8.14. The lowest BCUT2D eigenvalue weighted by Gasteiger charge is -2.30. The van der Waals surface area contributed by atoms with Crippen molar-refractivity contribution in [2.45, 2.75) is 36.8 Å². The van der Waals surface area contributed by atoms with E-state index in [2.05, 4.69) is 29.4 Å². The maximum absolute atomic E-state index is 12.7. The summed E-state index contributed by atoms with van der Waals surface area (Å²) < 4.78 is 27.7. The number of rotatable bonds is 8. The van der Waals surface area contributed by atoms with Crippen LogP contribution in [0.1, 0.15) is 32.3 Å². The maximum atomic E-state index is 12.7. The molecule has 0 aliphatic carbocycles. The Morgan fingerprint density at radius 3 is 2.73 bits per heavy atom. The third-order valence-electron chi connectivity index (χ3n) is 4.63. The quantitative estimate of drug-likeness (QED) is 0.444. The number of benzene rings is 1. The molecule has 0 saturated carbocycles. The standard InChI is InChI=1S/C19H25ClN4O3S3/c1-13(2)11-28-19-23-22-18(29-19)21-17(25)15-6-8-24(9-7-15)30(26,27)12-14-4-3-5-16(20)10-14/h3-5,10,13,15H,6-9,11-12H2,1-2H3,(H,21,22,25). The van der Waals surface area contributed by atoms with Crippen LogP contribution in [0.4, 0.5) is 5.13 Å². The van der Waals surface area contributed by atoms with E-state index in [9.17, 15) is 13.2 Å². The van der Waals surface area contributed by atoms with Gasteiger partial charge in [-0.05, 0) is 36.5 Å². The summed E-state index contributed by atoms with van der Waals surface area (Å²) in [7, 11) is -3.45. The zero-order chi connectivity index (χ0) is 21.7. The van der Waals surface area contributed by atoms with Crippen molar-refractivity contribution in [1.29, 1.82) is 0 Å². The Morgan fingerprint density at radius 1 is 1.33 bits per heavy atom. The molecule has 2 heterocycles. The summed E-state index contributed by atoms with van der Waals surface area (Å²) in [6.45, 7) is 4.93. The number of amides is 1. The van der Waals surface area contributed by atoms with Gasteiger partial charge in [0, 0.05) is 29.8 Å². The van der Waals surface area contributed by atoms with Crippen LogP contribution in [0.3, 0.4) is 0 Å². The van der Waals surface area contributed by atoms with Crippen molar-refractivity contribution < 1.29 is 13.2 Å². The average Bonchev–Trinajstić information content (AvgIpc) is 3.13. The summed E-state index contributed by atoms with van der Waals surface area (Å²) in [6.07, 6.45) is 0.961. The highest BCUT2D eigenvalue weighted by molar-refractivity contribution is 8.01. The summed E-state index contributed by atoms with van der Waals surface area (Å²) in [6, 6.07) is 6.87. The molecular formula is C19H25ClN4O3S3. The van der Waals surface area contributed by atoms with E-state index in [-0.39, 0.29) is 17.6 Å². The van der Waals surface area contributed by atoms with E-state index in [0.29, 0.717) is 47.6 Å². The van der Waals surface area contributed by atoms with Crippen molar-refractivity contribution in [2.75, 3.05) is 24.2 Å². The van der Waals surface area contributed by atoms with Gasteiger partial charge >= 0.3 is 0 Å². The molecule has 1 N–H and O–H groups in total. The maximum Gasteiger partial charge on any atom is 0.229 e. The first kappa shape index (κ1) is 23.5. The van der Waals surface area contributed by atoms with Gasteiger partial charge < -0.3 is 5.32 Å². The number of nitrogens with one attached hydrogen (secondary N) is 1. The monoisotopic (exact) mass is 488 g/mol. The molecule has 2 aromatic rings. The molecule has 1 saturated heterocycles. The second-order valence-electron chi connectivity index (χ2n) is 7.63. The summed E-state index contributed by atoms with van der Waals surface area (Å²) in [5.74, 6) is 1.05. The van der Waals surface area contributed by atoms with Gasteiger partial charge in [0.15, 0.2) is 4.34 Å². The fourth-order valence-electron chi connectivity index (χ4n) is 3.09. The molecule has 0 unspecified atom stereocenters. The lowest BCUT2D eigenvalue weighted by Crippen LogP contribution is -2.41. The minimum Gasteiger partial charge on any atom is -0.300 e. The Labute approximate surface area is 190 Å². The van der Waals surface area contributed by atoms with E-state index in [1.54, 1.807) is 36.0 Å². The third kappa shape index (κ3) is 6.65. The smallest absolute Gasteiger partial charge is 0.229 e. The molecule has 30 heavy (non-hydrogen) atoms. The van der Waals surface area contributed by atoms with Crippen molar-refractivity contribution in [3.05, 3.63) is 34.9 Å². The van der Waals surface area contributed by atoms with Crippen LogP contribution in [0.25, 0.3) is 0 Å². The van der Waals surface area contributed by atoms with E-state index < -0.39 is 10.0 Å². The number of thioether (sulfide) groups is 1. The second kappa shape index (κ2) is 10.4. The van der Waals surface area contributed by atoms with Crippen LogP contribution in [0.15, 0.2) is 28.6 Å². The van der Waals surface area contributed by atoms with Crippen molar-refractivity contribution in [3.8, 4) is 0 Å². The van der Waals surface area contributed by atoms with Gasteiger partial charge in [0.2, 0.25) is 21.1 Å². The lowest BCUT2D eigenvalue weighted by molar-refractivity contribution is -0.120. The van der Waals surface area contributed by atoms with Gasteiger partial charge in [-0.1, -0.05) is 60.7 Å². The molecule has 1 aliphatic heterocycles. The number of nitrogens with zero attached hydrogens (tertiary/aromatic N) is 3. The SMILES string of the molecule is CC(C)CSc1nnc(NC(=O)C2CCN(S(=O)(=O)Cc3cccc(Cl)c3)CC2)s1. The van der Waals surface area contributed by atoms with Crippen LogP contribution >= 0.6 is 34.7 Å².